The van der Waals surface area contributed by atoms with E-state index in [1.165, 1.54) is 16.8 Å². The van der Waals surface area contributed by atoms with Gasteiger partial charge < -0.3 is 10.8 Å². The van der Waals surface area contributed by atoms with Crippen LogP contribution in [0.3, 0.4) is 0 Å². The maximum absolute atomic E-state index is 13.6. The smallest absolute Gasteiger partial charge is 0.417 e. The van der Waals surface area contributed by atoms with Gasteiger partial charge in [-0.05, 0) is 65.9 Å². The molecule has 0 bridgehead atoms. The highest BCUT2D eigenvalue weighted by molar-refractivity contribution is 6.31. The van der Waals surface area contributed by atoms with Crippen molar-refractivity contribution in [3.05, 3.63) is 93.1 Å². The minimum Gasteiger partial charge on any atom is -0.507 e. The van der Waals surface area contributed by atoms with Crippen LogP contribution >= 0.6 is 23.2 Å². The van der Waals surface area contributed by atoms with Gasteiger partial charge in [0.1, 0.15) is 5.75 Å². The Kier molecular flexibility index (Phi) is 7.02. The van der Waals surface area contributed by atoms with Crippen LogP contribution in [-0.4, -0.2) is 20.8 Å². The van der Waals surface area contributed by atoms with Crippen molar-refractivity contribution in [3.8, 4) is 28.1 Å². The number of halogens is 5. The third-order valence-corrected chi connectivity index (χ3v) is 6.41. The Hall–Kier alpha value is -3.49. The SMILES string of the molecule is Cn1nc(C(N)=O)cc1-c1ccc(CCc2ccc(Cl)cc2)c(-c2ccc(Cl)c(C(F)(F)F)c2)c1O. The number of nitrogens with two attached hydrogens (primary N) is 1. The number of aromatic nitrogens is 2. The molecular formula is C26H20Cl2F3N3O2. The maximum Gasteiger partial charge on any atom is 0.417 e. The van der Waals surface area contributed by atoms with Crippen LogP contribution in [0.5, 0.6) is 5.75 Å². The molecular weight excluding hydrogens is 514 g/mol. The van der Waals surface area contributed by atoms with Gasteiger partial charge in [-0.25, -0.2) is 0 Å². The first kappa shape index (κ1) is 25.6. The van der Waals surface area contributed by atoms with Crippen molar-refractivity contribution in [1.82, 2.24) is 9.78 Å². The number of phenolic OH excluding ortho intramolecular Hbond substituents is 1. The number of carbonyl (C=O) groups is 1. The fourth-order valence-electron chi connectivity index (χ4n) is 4.04. The Labute approximate surface area is 214 Å². The highest BCUT2D eigenvalue weighted by atomic mass is 35.5. The number of aryl methyl sites for hydroxylation is 3. The lowest BCUT2D eigenvalue weighted by Crippen LogP contribution is -2.11. The number of amides is 1. The lowest BCUT2D eigenvalue weighted by atomic mass is 9.90. The number of aromatic hydroxyl groups is 1. The molecule has 0 radical (unpaired) electrons. The summed E-state index contributed by atoms with van der Waals surface area (Å²) in [5.74, 6) is -0.998. The first-order valence-corrected chi connectivity index (χ1v) is 11.5. The molecule has 5 nitrogen and oxygen atoms in total. The number of alkyl halides is 3. The number of nitrogens with zero attached hydrogens (tertiary/aromatic N) is 2. The monoisotopic (exact) mass is 533 g/mol. The van der Waals surface area contributed by atoms with Gasteiger partial charge in [-0.3, -0.25) is 9.48 Å². The fourth-order valence-corrected chi connectivity index (χ4v) is 4.39. The van der Waals surface area contributed by atoms with Crippen molar-refractivity contribution in [2.24, 2.45) is 12.8 Å². The van der Waals surface area contributed by atoms with E-state index in [0.717, 1.165) is 17.7 Å². The van der Waals surface area contributed by atoms with Gasteiger partial charge in [-0.15, -0.1) is 0 Å². The summed E-state index contributed by atoms with van der Waals surface area (Å²) >= 11 is 11.8. The summed E-state index contributed by atoms with van der Waals surface area (Å²) in [5, 5.41) is 15.6. The lowest BCUT2D eigenvalue weighted by molar-refractivity contribution is -0.137. The number of carbonyl (C=O) groups excluding carboxylic acids is 1. The van der Waals surface area contributed by atoms with Crippen LogP contribution in [-0.2, 0) is 26.1 Å². The van der Waals surface area contributed by atoms with Crippen LogP contribution in [0.1, 0.15) is 27.2 Å². The number of hydrogen-bond acceptors (Lipinski definition) is 3. The molecule has 186 valence electrons. The van der Waals surface area contributed by atoms with Gasteiger partial charge in [0, 0.05) is 23.2 Å². The molecule has 3 N–H and O–H groups in total. The molecule has 36 heavy (non-hydrogen) atoms. The third kappa shape index (κ3) is 5.20. The van der Waals surface area contributed by atoms with Crippen molar-refractivity contribution >= 4 is 29.1 Å². The molecule has 1 aromatic heterocycles. The standard InChI is InChI=1S/C26H20Cl2F3N3O2/c1-34-22(13-21(33-34)25(32)36)18-10-6-15(5-2-14-3-8-17(27)9-4-14)23(24(18)35)16-7-11-20(28)19(12-16)26(29,30)31/h3-4,6-13,35H,2,5H2,1H3,(H2,32,36). The first-order chi connectivity index (χ1) is 17.0. The van der Waals surface area contributed by atoms with Gasteiger partial charge in [-0.1, -0.05) is 47.5 Å². The zero-order chi connectivity index (χ0) is 26.2. The summed E-state index contributed by atoms with van der Waals surface area (Å²) in [6, 6.07) is 15.5. The summed E-state index contributed by atoms with van der Waals surface area (Å²) in [4.78, 5) is 11.6. The molecule has 0 saturated carbocycles. The molecule has 0 aliphatic rings. The summed E-state index contributed by atoms with van der Waals surface area (Å²) in [7, 11) is 1.57. The van der Waals surface area contributed by atoms with Crippen molar-refractivity contribution in [1.29, 1.82) is 0 Å². The van der Waals surface area contributed by atoms with Crippen LogP contribution in [0.15, 0.2) is 60.7 Å². The quantitative estimate of drug-likeness (QED) is 0.290. The number of benzene rings is 3. The minimum absolute atomic E-state index is 0.00823. The van der Waals surface area contributed by atoms with Crippen molar-refractivity contribution in [2.75, 3.05) is 0 Å². The second kappa shape index (κ2) is 9.87. The van der Waals surface area contributed by atoms with E-state index in [9.17, 15) is 23.1 Å². The molecule has 1 heterocycles. The predicted molar refractivity (Wildman–Crippen MR) is 133 cm³/mol. The van der Waals surface area contributed by atoms with E-state index in [4.69, 9.17) is 28.9 Å². The van der Waals surface area contributed by atoms with Crippen molar-refractivity contribution < 1.29 is 23.1 Å². The van der Waals surface area contributed by atoms with Crippen LogP contribution in [0.2, 0.25) is 10.0 Å². The number of phenols is 1. The van der Waals surface area contributed by atoms with Gasteiger partial charge >= 0.3 is 6.18 Å². The molecule has 0 atom stereocenters. The zero-order valence-corrected chi connectivity index (χ0v) is 20.4. The normalized spacial score (nSPS) is 11.6. The average Bonchev–Trinajstić information content (AvgIpc) is 3.20. The molecule has 0 spiro atoms. The van der Waals surface area contributed by atoms with Crippen molar-refractivity contribution in [2.45, 2.75) is 19.0 Å². The van der Waals surface area contributed by atoms with E-state index >= 15 is 0 Å². The Morgan fingerprint density at radius 3 is 2.33 bits per heavy atom. The van der Waals surface area contributed by atoms with Gasteiger partial charge in [0.2, 0.25) is 0 Å². The molecule has 0 unspecified atom stereocenters. The van der Waals surface area contributed by atoms with Gasteiger partial charge in [0.25, 0.3) is 5.91 Å². The molecule has 0 fully saturated rings. The lowest BCUT2D eigenvalue weighted by Gasteiger charge is -2.18. The largest absolute Gasteiger partial charge is 0.507 e. The van der Waals surface area contributed by atoms with Crippen LogP contribution < -0.4 is 5.73 Å². The summed E-state index contributed by atoms with van der Waals surface area (Å²) in [6.45, 7) is 0. The summed E-state index contributed by atoms with van der Waals surface area (Å²) in [5.41, 5.74) is 6.94. The van der Waals surface area contributed by atoms with E-state index in [1.807, 2.05) is 12.1 Å². The molecule has 3 aromatic carbocycles. The Morgan fingerprint density at radius 2 is 1.72 bits per heavy atom. The molecule has 1 amide bonds. The van der Waals surface area contributed by atoms with E-state index < -0.39 is 22.7 Å². The van der Waals surface area contributed by atoms with Gasteiger partial charge in [-0.2, -0.15) is 18.3 Å². The van der Waals surface area contributed by atoms with Crippen molar-refractivity contribution in [3.63, 3.8) is 0 Å². The van der Waals surface area contributed by atoms with Crippen LogP contribution in [0.4, 0.5) is 13.2 Å². The number of primary amides is 1. The number of hydrogen-bond donors (Lipinski definition) is 2. The fraction of sp³-hybridized carbons (Fsp3) is 0.154. The predicted octanol–water partition coefficient (Wildman–Crippen LogP) is 6.67. The third-order valence-electron chi connectivity index (χ3n) is 5.83. The minimum atomic E-state index is -4.68. The molecule has 0 aliphatic carbocycles. The Morgan fingerprint density at radius 1 is 1.03 bits per heavy atom. The van der Waals surface area contributed by atoms with Gasteiger partial charge in [0.05, 0.1) is 16.3 Å². The Balaban J connectivity index is 1.87. The zero-order valence-electron chi connectivity index (χ0n) is 18.9. The average molecular weight is 534 g/mol. The van der Waals surface area contributed by atoms with Crippen LogP contribution in [0, 0.1) is 0 Å². The highest BCUT2D eigenvalue weighted by Gasteiger charge is 2.34. The highest BCUT2D eigenvalue weighted by Crippen LogP contribution is 2.44. The molecule has 0 saturated heterocycles. The molecule has 4 aromatic rings. The van der Waals surface area contributed by atoms with E-state index in [-0.39, 0.29) is 28.1 Å². The van der Waals surface area contributed by atoms with E-state index in [2.05, 4.69) is 5.10 Å². The maximum atomic E-state index is 13.6. The molecule has 10 heteroatoms. The van der Waals surface area contributed by atoms with E-state index in [1.54, 1.807) is 31.3 Å². The Bertz CT molecular complexity index is 1450. The summed E-state index contributed by atoms with van der Waals surface area (Å²) in [6.07, 6.45) is -3.70. The van der Waals surface area contributed by atoms with Gasteiger partial charge in [0.15, 0.2) is 5.69 Å². The second-order valence-corrected chi connectivity index (χ2v) is 9.06. The summed E-state index contributed by atoms with van der Waals surface area (Å²) < 4.78 is 42.2. The van der Waals surface area contributed by atoms with E-state index in [0.29, 0.717) is 29.1 Å². The van der Waals surface area contributed by atoms with Crippen LogP contribution in [0.25, 0.3) is 22.4 Å². The molecule has 0 aliphatic heterocycles. The molecule has 4 rings (SSSR count). The topological polar surface area (TPSA) is 81.1 Å². The second-order valence-electron chi connectivity index (χ2n) is 8.22. The number of rotatable bonds is 6. The first-order valence-electron chi connectivity index (χ1n) is 10.8.